The molecule has 1 atom stereocenters. The van der Waals surface area contributed by atoms with Crippen LogP contribution in [0.3, 0.4) is 0 Å². The first kappa shape index (κ1) is 24.6. The Bertz CT molecular complexity index is 1550. The van der Waals surface area contributed by atoms with Gasteiger partial charge in [-0.3, -0.25) is 9.59 Å². The second-order valence-corrected chi connectivity index (χ2v) is 8.68. The monoisotopic (exact) mass is 512 g/mol. The van der Waals surface area contributed by atoms with Crippen molar-refractivity contribution in [3.63, 3.8) is 0 Å². The molecule has 4 aromatic rings. The van der Waals surface area contributed by atoms with Crippen LogP contribution in [0.15, 0.2) is 78.7 Å². The third-order valence-electron chi connectivity index (χ3n) is 6.16. The number of Topliss-reactive ketones (excluding diaryl/α,β-unsaturated/α-hetero) is 1. The molecule has 1 unspecified atom stereocenters. The maximum absolute atomic E-state index is 12.7. The molecule has 1 aliphatic heterocycles. The van der Waals surface area contributed by atoms with Crippen molar-refractivity contribution in [1.29, 1.82) is 0 Å². The predicted octanol–water partition coefficient (Wildman–Crippen LogP) is 3.98. The number of para-hydroxylation sites is 1. The molecule has 0 spiro atoms. The van der Waals surface area contributed by atoms with Gasteiger partial charge in [0.05, 0.1) is 12.7 Å². The maximum atomic E-state index is 12.7. The molecule has 192 valence electrons. The van der Waals surface area contributed by atoms with Crippen molar-refractivity contribution in [3.05, 3.63) is 95.4 Å². The fraction of sp³-hybridized carbons (Fsp3) is 0.138. The van der Waals surface area contributed by atoms with Crippen LogP contribution in [0.5, 0.6) is 17.2 Å². The number of fused-ring (bicyclic) bond motifs is 2. The van der Waals surface area contributed by atoms with E-state index in [0.29, 0.717) is 22.8 Å². The molecular formula is C29H24N2O7. The largest absolute Gasteiger partial charge is 0.497 e. The van der Waals surface area contributed by atoms with Gasteiger partial charge in [-0.1, -0.05) is 30.3 Å². The standard InChI is InChI=1S/C29H24N2O7/c1-36-19-8-6-17(7-9-19)12-26-28(33)22-11-10-20(14-25(22)38-26)37-16-27(32)31-24(29(34)35)13-18-15-30-23-5-3-2-4-21(18)23/h2-12,14-15,24,30H,13,16H2,1H3,(H,31,32)(H,34,35). The number of amides is 1. The fourth-order valence-corrected chi connectivity index (χ4v) is 4.21. The average Bonchev–Trinajstić information content (AvgIpc) is 3.47. The second kappa shape index (κ2) is 10.5. The summed E-state index contributed by atoms with van der Waals surface area (Å²) in [6, 6.07) is 18.2. The molecule has 2 heterocycles. The molecule has 9 heteroatoms. The second-order valence-electron chi connectivity index (χ2n) is 8.68. The average molecular weight is 513 g/mol. The molecule has 0 fully saturated rings. The third kappa shape index (κ3) is 5.22. The zero-order valence-corrected chi connectivity index (χ0v) is 20.4. The minimum atomic E-state index is -1.15. The first-order valence-corrected chi connectivity index (χ1v) is 11.8. The third-order valence-corrected chi connectivity index (χ3v) is 6.16. The summed E-state index contributed by atoms with van der Waals surface area (Å²) in [4.78, 5) is 40.1. The van der Waals surface area contributed by atoms with Gasteiger partial charge < -0.3 is 29.6 Å². The number of carbonyl (C=O) groups excluding carboxylic acids is 2. The van der Waals surface area contributed by atoms with Crippen molar-refractivity contribution < 1.29 is 33.7 Å². The number of aromatic amines is 1. The van der Waals surface area contributed by atoms with E-state index in [2.05, 4.69) is 10.3 Å². The van der Waals surface area contributed by atoms with Crippen LogP contribution in [-0.4, -0.2) is 47.5 Å². The van der Waals surface area contributed by atoms with Crippen LogP contribution in [-0.2, 0) is 16.0 Å². The summed E-state index contributed by atoms with van der Waals surface area (Å²) in [6.45, 7) is -0.404. The number of carboxylic acids is 1. The van der Waals surface area contributed by atoms with E-state index in [1.807, 2.05) is 36.4 Å². The Morgan fingerprint density at radius 1 is 1.08 bits per heavy atom. The molecule has 0 aliphatic carbocycles. The first-order chi connectivity index (χ1) is 18.4. The van der Waals surface area contributed by atoms with Crippen LogP contribution in [0.2, 0.25) is 0 Å². The number of methoxy groups -OCH3 is 1. The van der Waals surface area contributed by atoms with Crippen LogP contribution in [0.1, 0.15) is 21.5 Å². The molecule has 3 N–H and O–H groups in total. The van der Waals surface area contributed by atoms with Crippen molar-refractivity contribution in [1.82, 2.24) is 10.3 Å². The number of hydrogen-bond acceptors (Lipinski definition) is 6. The highest BCUT2D eigenvalue weighted by Crippen LogP contribution is 2.35. The molecule has 9 nitrogen and oxygen atoms in total. The summed E-state index contributed by atoms with van der Waals surface area (Å²) in [6.07, 6.45) is 3.49. The van der Waals surface area contributed by atoms with Crippen molar-refractivity contribution in [2.75, 3.05) is 13.7 Å². The highest BCUT2D eigenvalue weighted by molar-refractivity contribution is 6.14. The van der Waals surface area contributed by atoms with E-state index in [1.165, 1.54) is 6.07 Å². The topological polar surface area (TPSA) is 127 Å². The number of carbonyl (C=O) groups is 3. The smallest absolute Gasteiger partial charge is 0.326 e. The fourth-order valence-electron chi connectivity index (χ4n) is 4.21. The Morgan fingerprint density at radius 2 is 1.84 bits per heavy atom. The van der Waals surface area contributed by atoms with Gasteiger partial charge in [-0.2, -0.15) is 0 Å². The number of H-pyrrole nitrogens is 1. The van der Waals surface area contributed by atoms with E-state index in [-0.39, 0.29) is 18.0 Å². The lowest BCUT2D eigenvalue weighted by atomic mass is 10.1. The van der Waals surface area contributed by atoms with Gasteiger partial charge >= 0.3 is 5.97 Å². The number of nitrogens with one attached hydrogen (secondary N) is 2. The van der Waals surface area contributed by atoms with Crippen molar-refractivity contribution in [2.24, 2.45) is 0 Å². The molecule has 0 bridgehead atoms. The Kier molecular flexibility index (Phi) is 6.82. The Labute approximate surface area is 217 Å². The van der Waals surface area contributed by atoms with Gasteiger partial charge in [0.1, 0.15) is 23.3 Å². The van der Waals surface area contributed by atoms with E-state index in [0.717, 1.165) is 22.0 Å². The number of benzene rings is 3. The summed E-state index contributed by atoms with van der Waals surface area (Å²) in [7, 11) is 1.58. The number of aliphatic carboxylic acids is 1. The number of hydrogen-bond donors (Lipinski definition) is 3. The molecule has 1 aromatic heterocycles. The van der Waals surface area contributed by atoms with Gasteiger partial charge in [-0.25, -0.2) is 4.79 Å². The van der Waals surface area contributed by atoms with Gasteiger partial charge in [0.2, 0.25) is 5.78 Å². The SMILES string of the molecule is COc1ccc(C=C2Oc3cc(OCC(=O)NC(Cc4c[nH]c5ccccc45)C(=O)O)ccc3C2=O)cc1. The van der Waals surface area contributed by atoms with Crippen LogP contribution in [0.4, 0.5) is 0 Å². The van der Waals surface area contributed by atoms with Crippen LogP contribution >= 0.6 is 0 Å². The Morgan fingerprint density at radius 3 is 2.61 bits per heavy atom. The maximum Gasteiger partial charge on any atom is 0.326 e. The Hall–Kier alpha value is -5.05. The lowest BCUT2D eigenvalue weighted by Crippen LogP contribution is -2.44. The molecular weight excluding hydrogens is 488 g/mol. The molecule has 0 saturated heterocycles. The number of rotatable bonds is 9. The minimum Gasteiger partial charge on any atom is -0.497 e. The summed E-state index contributed by atoms with van der Waals surface area (Å²) < 4.78 is 16.4. The molecule has 0 saturated carbocycles. The van der Waals surface area contributed by atoms with E-state index in [1.54, 1.807) is 43.6 Å². The van der Waals surface area contributed by atoms with Gasteiger partial charge in [0.25, 0.3) is 5.91 Å². The number of ketones is 1. The highest BCUT2D eigenvalue weighted by atomic mass is 16.5. The van der Waals surface area contributed by atoms with E-state index in [4.69, 9.17) is 14.2 Å². The lowest BCUT2D eigenvalue weighted by molar-refractivity contribution is -0.142. The number of carboxylic acid groups (broad SMARTS) is 1. The van der Waals surface area contributed by atoms with Crippen LogP contribution < -0.4 is 19.5 Å². The van der Waals surface area contributed by atoms with Crippen LogP contribution in [0, 0.1) is 0 Å². The normalized spacial score (nSPS) is 14.1. The van der Waals surface area contributed by atoms with Crippen molar-refractivity contribution in [3.8, 4) is 17.2 Å². The van der Waals surface area contributed by atoms with E-state index < -0.39 is 24.5 Å². The van der Waals surface area contributed by atoms with Crippen molar-refractivity contribution in [2.45, 2.75) is 12.5 Å². The molecule has 5 rings (SSSR count). The van der Waals surface area contributed by atoms with E-state index >= 15 is 0 Å². The Balaban J connectivity index is 1.20. The van der Waals surface area contributed by atoms with Gasteiger partial charge in [0, 0.05) is 29.6 Å². The number of aromatic nitrogens is 1. The zero-order valence-electron chi connectivity index (χ0n) is 20.4. The molecule has 0 radical (unpaired) electrons. The molecule has 38 heavy (non-hydrogen) atoms. The lowest BCUT2D eigenvalue weighted by Gasteiger charge is -2.15. The predicted molar refractivity (Wildman–Crippen MR) is 139 cm³/mol. The summed E-state index contributed by atoms with van der Waals surface area (Å²) >= 11 is 0. The number of ether oxygens (including phenoxy) is 3. The zero-order chi connectivity index (χ0) is 26.6. The summed E-state index contributed by atoms with van der Waals surface area (Å²) in [5, 5.41) is 13.1. The molecule has 3 aromatic carbocycles. The first-order valence-electron chi connectivity index (χ1n) is 11.8. The van der Waals surface area contributed by atoms with Gasteiger partial charge in [-0.05, 0) is 47.5 Å². The minimum absolute atomic E-state index is 0.114. The van der Waals surface area contributed by atoms with Crippen LogP contribution in [0.25, 0.3) is 17.0 Å². The quantitative estimate of drug-likeness (QED) is 0.290. The molecule has 1 amide bonds. The van der Waals surface area contributed by atoms with Crippen molar-refractivity contribution >= 4 is 34.6 Å². The highest BCUT2D eigenvalue weighted by Gasteiger charge is 2.28. The summed E-state index contributed by atoms with van der Waals surface area (Å²) in [5.41, 5.74) is 2.83. The van der Waals surface area contributed by atoms with Gasteiger partial charge in [0.15, 0.2) is 12.4 Å². The molecule has 1 aliphatic rings. The van der Waals surface area contributed by atoms with E-state index in [9.17, 15) is 19.5 Å². The number of allylic oxidation sites excluding steroid dienone is 1. The van der Waals surface area contributed by atoms with Gasteiger partial charge in [-0.15, -0.1) is 0 Å². The summed E-state index contributed by atoms with van der Waals surface area (Å²) in [5.74, 6) is -0.508.